The van der Waals surface area contributed by atoms with E-state index in [1.807, 2.05) is 0 Å². The van der Waals surface area contributed by atoms with Crippen molar-refractivity contribution in [2.75, 3.05) is 12.4 Å². The smallest absolute Gasteiger partial charge is 0.355 e. The van der Waals surface area contributed by atoms with E-state index >= 15 is 0 Å². The Bertz CT molecular complexity index is 1140. The molecule has 3 aromatic rings. The predicted molar refractivity (Wildman–Crippen MR) is 101 cm³/mol. The molecular weight excluding hydrogens is 401 g/mol. The number of carbonyl (C=O) groups excluding carboxylic acids is 2. The summed E-state index contributed by atoms with van der Waals surface area (Å²) in [5.74, 6) is -1.65. The number of methoxy groups -OCH3 is 1. The summed E-state index contributed by atoms with van der Waals surface area (Å²) in [5, 5.41) is 14.5. The molecule has 10 heteroatoms. The highest BCUT2D eigenvalue weighted by molar-refractivity contribution is 6.30. The number of nitrogens with zero attached hydrogens (tertiary/aromatic N) is 4. The number of allylic oxidation sites excluding steroid dienone is 1. The van der Waals surface area contributed by atoms with Gasteiger partial charge < -0.3 is 10.1 Å². The molecule has 0 amide bonds. The molecule has 0 spiro atoms. The lowest BCUT2D eigenvalue weighted by atomic mass is 9.89. The highest BCUT2D eigenvalue weighted by Gasteiger charge is 2.38. The molecule has 1 N–H and O–H groups in total. The van der Waals surface area contributed by atoms with Gasteiger partial charge in [0.15, 0.2) is 5.78 Å². The van der Waals surface area contributed by atoms with Gasteiger partial charge in [-0.3, -0.25) is 4.79 Å². The van der Waals surface area contributed by atoms with Crippen molar-refractivity contribution < 1.29 is 18.7 Å². The van der Waals surface area contributed by atoms with Gasteiger partial charge in [0.05, 0.1) is 12.7 Å². The van der Waals surface area contributed by atoms with Crippen LogP contribution in [0.15, 0.2) is 59.8 Å². The number of tetrazole rings is 1. The van der Waals surface area contributed by atoms with Crippen molar-refractivity contribution in [1.82, 2.24) is 20.2 Å². The third kappa shape index (κ3) is 3.36. The van der Waals surface area contributed by atoms with Crippen LogP contribution in [0.3, 0.4) is 0 Å². The molecule has 0 aliphatic carbocycles. The van der Waals surface area contributed by atoms with Crippen LogP contribution in [0.2, 0.25) is 5.02 Å². The molecule has 1 aliphatic heterocycles. The van der Waals surface area contributed by atoms with Gasteiger partial charge in [0.1, 0.15) is 17.6 Å². The van der Waals surface area contributed by atoms with Crippen molar-refractivity contribution in [3.8, 4) is 0 Å². The molecule has 2 aromatic carbocycles. The fourth-order valence-corrected chi connectivity index (χ4v) is 3.26. The maximum Gasteiger partial charge on any atom is 0.355 e. The average Bonchev–Trinajstić information content (AvgIpc) is 3.20. The van der Waals surface area contributed by atoms with Gasteiger partial charge in [-0.15, -0.1) is 0 Å². The summed E-state index contributed by atoms with van der Waals surface area (Å²) in [6.45, 7) is 0. The van der Waals surface area contributed by atoms with Crippen LogP contribution in [0, 0.1) is 5.82 Å². The second kappa shape index (κ2) is 7.44. The first-order chi connectivity index (χ1) is 14.0. The molecule has 0 bridgehead atoms. The van der Waals surface area contributed by atoms with Crippen molar-refractivity contribution in [3.63, 3.8) is 0 Å². The summed E-state index contributed by atoms with van der Waals surface area (Å²) >= 11 is 5.92. The van der Waals surface area contributed by atoms with E-state index < -0.39 is 23.6 Å². The molecule has 1 aromatic heterocycles. The van der Waals surface area contributed by atoms with E-state index in [0.717, 1.165) is 0 Å². The number of esters is 1. The maximum atomic E-state index is 14.0. The average molecular weight is 414 g/mol. The molecule has 0 saturated carbocycles. The molecule has 8 nitrogen and oxygen atoms in total. The van der Waals surface area contributed by atoms with Crippen LogP contribution in [0.25, 0.3) is 0 Å². The van der Waals surface area contributed by atoms with Gasteiger partial charge in [0.2, 0.25) is 5.95 Å². The molecule has 2 heterocycles. The molecule has 0 unspecified atom stereocenters. The van der Waals surface area contributed by atoms with E-state index in [0.29, 0.717) is 10.6 Å². The maximum absolute atomic E-state index is 14.0. The van der Waals surface area contributed by atoms with Crippen LogP contribution in [-0.4, -0.2) is 39.1 Å². The zero-order valence-electron chi connectivity index (χ0n) is 15.0. The summed E-state index contributed by atoms with van der Waals surface area (Å²) < 4.78 is 20.1. The number of halogens is 2. The first-order valence-electron chi connectivity index (χ1n) is 8.42. The van der Waals surface area contributed by atoms with Crippen molar-refractivity contribution in [1.29, 1.82) is 0 Å². The van der Waals surface area contributed by atoms with E-state index in [2.05, 4.69) is 20.8 Å². The van der Waals surface area contributed by atoms with Crippen LogP contribution in [-0.2, 0) is 9.53 Å². The number of ether oxygens (including phenoxy) is 1. The Morgan fingerprint density at radius 2 is 1.97 bits per heavy atom. The topological polar surface area (TPSA) is 99.0 Å². The minimum absolute atomic E-state index is 0.0181. The highest BCUT2D eigenvalue weighted by atomic mass is 35.5. The van der Waals surface area contributed by atoms with E-state index in [4.69, 9.17) is 16.3 Å². The number of fused-ring (bicyclic) bond motifs is 1. The number of anilines is 1. The summed E-state index contributed by atoms with van der Waals surface area (Å²) in [7, 11) is 1.19. The second-order valence-corrected chi connectivity index (χ2v) is 6.58. The fraction of sp³-hybridized carbons (Fsp3) is 0.105. The van der Waals surface area contributed by atoms with E-state index in [1.165, 1.54) is 42.1 Å². The number of hydrogen-bond donors (Lipinski definition) is 1. The summed E-state index contributed by atoms with van der Waals surface area (Å²) in [6.07, 6.45) is 0. The lowest BCUT2D eigenvalue weighted by molar-refractivity contribution is -0.136. The number of aromatic nitrogens is 4. The molecular formula is C19H13ClFN5O3. The number of nitrogens with one attached hydrogen (secondary N) is 1. The van der Waals surface area contributed by atoms with Gasteiger partial charge in [0.25, 0.3) is 0 Å². The van der Waals surface area contributed by atoms with Crippen molar-refractivity contribution in [2.24, 2.45) is 0 Å². The van der Waals surface area contributed by atoms with Gasteiger partial charge in [-0.1, -0.05) is 28.8 Å². The van der Waals surface area contributed by atoms with Crippen LogP contribution < -0.4 is 5.32 Å². The van der Waals surface area contributed by atoms with E-state index in [9.17, 15) is 14.0 Å². The summed E-state index contributed by atoms with van der Waals surface area (Å²) in [4.78, 5) is 25.9. The Labute approximate surface area is 168 Å². The van der Waals surface area contributed by atoms with Crippen molar-refractivity contribution >= 4 is 29.3 Å². The molecule has 4 rings (SSSR count). The number of benzene rings is 2. The van der Waals surface area contributed by atoms with Gasteiger partial charge in [-0.05, 0) is 52.4 Å². The van der Waals surface area contributed by atoms with Gasteiger partial charge >= 0.3 is 5.97 Å². The zero-order valence-corrected chi connectivity index (χ0v) is 15.7. The molecule has 146 valence electrons. The van der Waals surface area contributed by atoms with Gasteiger partial charge in [-0.25, -0.2) is 9.18 Å². The normalized spacial score (nSPS) is 15.5. The third-order valence-electron chi connectivity index (χ3n) is 4.42. The van der Waals surface area contributed by atoms with E-state index in [1.54, 1.807) is 18.2 Å². The number of carbonyl (C=O) groups is 2. The Morgan fingerprint density at radius 1 is 1.21 bits per heavy atom. The Hall–Kier alpha value is -3.59. The Balaban J connectivity index is 1.95. The minimum atomic E-state index is -0.950. The van der Waals surface area contributed by atoms with Crippen LogP contribution >= 0.6 is 11.6 Å². The predicted octanol–water partition coefficient (Wildman–Crippen LogP) is 2.79. The molecule has 29 heavy (non-hydrogen) atoms. The molecule has 1 atom stereocenters. The highest BCUT2D eigenvalue weighted by Crippen LogP contribution is 2.36. The SMILES string of the molecule is COC(=O)C1=C(C(=O)c2ccc(Cl)cc2)[C@H](c2cccc(F)c2)n2nnnc2N1. The molecule has 1 aliphatic rings. The quantitative estimate of drug-likeness (QED) is 0.518. The van der Waals surface area contributed by atoms with Crippen LogP contribution in [0.4, 0.5) is 10.3 Å². The van der Waals surface area contributed by atoms with Crippen LogP contribution in [0.5, 0.6) is 0 Å². The molecule has 0 radical (unpaired) electrons. The largest absolute Gasteiger partial charge is 0.464 e. The van der Waals surface area contributed by atoms with Crippen LogP contribution in [0.1, 0.15) is 22.0 Å². The number of rotatable bonds is 4. The van der Waals surface area contributed by atoms with E-state index in [-0.39, 0.29) is 22.8 Å². The fourth-order valence-electron chi connectivity index (χ4n) is 3.13. The minimum Gasteiger partial charge on any atom is -0.464 e. The number of hydrogen-bond acceptors (Lipinski definition) is 7. The Morgan fingerprint density at radius 3 is 2.66 bits per heavy atom. The summed E-state index contributed by atoms with van der Waals surface area (Å²) in [5.41, 5.74) is 0.567. The summed E-state index contributed by atoms with van der Waals surface area (Å²) in [6, 6.07) is 10.9. The third-order valence-corrected chi connectivity index (χ3v) is 4.67. The zero-order chi connectivity index (χ0) is 20.5. The lowest BCUT2D eigenvalue weighted by Gasteiger charge is -2.28. The van der Waals surface area contributed by atoms with Crippen molar-refractivity contribution in [2.45, 2.75) is 6.04 Å². The van der Waals surface area contributed by atoms with Crippen molar-refractivity contribution in [3.05, 3.63) is 81.8 Å². The standard InChI is InChI=1S/C19H13ClFN5O3/c1-29-18(28)15-14(17(27)10-5-7-12(20)8-6-10)16(11-3-2-4-13(21)9-11)26-19(22-15)23-24-25-26/h2-9,16H,1H3,(H,22,23,25)/t16-/m0/s1. The van der Waals surface area contributed by atoms with Gasteiger partial charge in [-0.2, -0.15) is 4.68 Å². The molecule has 0 saturated heterocycles. The number of ketones is 1. The monoisotopic (exact) mass is 413 g/mol. The first kappa shape index (κ1) is 18.8. The number of Topliss-reactive ketones (excluding diaryl/α,β-unsaturated/α-hetero) is 1. The first-order valence-corrected chi connectivity index (χ1v) is 8.80. The van der Waals surface area contributed by atoms with Gasteiger partial charge in [0, 0.05) is 10.6 Å². The lowest BCUT2D eigenvalue weighted by Crippen LogP contribution is -2.33. The Kier molecular flexibility index (Phi) is 4.81. The molecule has 0 fully saturated rings. The second-order valence-electron chi connectivity index (χ2n) is 6.15.